The van der Waals surface area contributed by atoms with Crippen LogP contribution in [0.1, 0.15) is 5.56 Å². The van der Waals surface area contributed by atoms with Gasteiger partial charge in [0, 0.05) is 12.7 Å². The molecule has 1 aromatic carbocycles. The number of hydrogen-bond donors (Lipinski definition) is 1. The predicted octanol–water partition coefficient (Wildman–Crippen LogP) is 1.90. The predicted molar refractivity (Wildman–Crippen MR) is 70.7 cm³/mol. The fourth-order valence-electron chi connectivity index (χ4n) is 0.856. The van der Waals surface area contributed by atoms with E-state index in [2.05, 4.69) is 45.2 Å². The van der Waals surface area contributed by atoms with Crippen molar-refractivity contribution in [3.05, 3.63) is 30.9 Å². The summed E-state index contributed by atoms with van der Waals surface area (Å²) in [6, 6.07) is 5.97. The molecule has 14 heavy (non-hydrogen) atoms. The van der Waals surface area contributed by atoms with Gasteiger partial charge >= 0.3 is 5.97 Å². The van der Waals surface area contributed by atoms with Gasteiger partial charge in [0.2, 0.25) is 0 Å². The van der Waals surface area contributed by atoms with Crippen LogP contribution in [0, 0.1) is 7.14 Å². The molecule has 0 spiro atoms. The first-order chi connectivity index (χ1) is 6.63. The Balaban J connectivity index is 2.63. The van der Waals surface area contributed by atoms with E-state index in [1.807, 2.05) is 18.2 Å². The fourth-order valence-corrected chi connectivity index (χ4v) is 2.61. The molecule has 0 amide bonds. The van der Waals surface area contributed by atoms with Gasteiger partial charge in [-0.05, 0) is 57.3 Å². The summed E-state index contributed by atoms with van der Waals surface area (Å²) in [4.78, 5) is 10.8. The molecule has 1 rings (SSSR count). The third-order valence-corrected chi connectivity index (χ3v) is 3.25. The van der Waals surface area contributed by atoms with Crippen LogP contribution in [0.4, 0.5) is 0 Å². The first kappa shape index (κ1) is 12.2. The van der Waals surface area contributed by atoms with Gasteiger partial charge in [-0.1, -0.05) is 6.07 Å². The summed E-state index contributed by atoms with van der Waals surface area (Å²) in [6.07, 6.45) is 0. The molecule has 0 bridgehead atoms. The first-order valence-electron chi connectivity index (χ1n) is 3.93. The third-order valence-electron chi connectivity index (χ3n) is 1.57. The van der Waals surface area contributed by atoms with Crippen molar-refractivity contribution in [3.63, 3.8) is 0 Å². The lowest BCUT2D eigenvalue weighted by atomic mass is 10.2. The lowest BCUT2D eigenvalue weighted by Gasteiger charge is -2.05. The number of nitrogens with two attached hydrogens (primary N) is 1. The van der Waals surface area contributed by atoms with Crippen LogP contribution in [0.15, 0.2) is 18.2 Å². The van der Waals surface area contributed by atoms with Crippen molar-refractivity contribution < 1.29 is 9.53 Å². The summed E-state index contributed by atoms with van der Waals surface area (Å²) in [7, 11) is 0. The van der Waals surface area contributed by atoms with Crippen LogP contribution in [-0.2, 0) is 16.1 Å². The Hall–Kier alpha value is 0.110. The molecule has 0 aliphatic carbocycles. The van der Waals surface area contributed by atoms with Crippen molar-refractivity contribution in [1.82, 2.24) is 0 Å². The van der Waals surface area contributed by atoms with Crippen molar-refractivity contribution >= 4 is 51.2 Å². The highest BCUT2D eigenvalue weighted by Gasteiger charge is 2.03. The van der Waals surface area contributed by atoms with Gasteiger partial charge in [0.25, 0.3) is 0 Å². The van der Waals surface area contributed by atoms with Gasteiger partial charge < -0.3 is 10.5 Å². The smallest absolute Gasteiger partial charge is 0.320 e. The average Bonchev–Trinajstić information content (AvgIpc) is 2.16. The zero-order chi connectivity index (χ0) is 10.6. The summed E-state index contributed by atoms with van der Waals surface area (Å²) in [5.41, 5.74) is 6.13. The molecule has 0 aliphatic rings. The highest BCUT2D eigenvalue weighted by molar-refractivity contribution is 14.1. The third kappa shape index (κ3) is 3.70. The number of halogens is 2. The summed E-state index contributed by atoms with van der Waals surface area (Å²) in [5.74, 6) is -0.376. The molecule has 0 atom stereocenters. The normalized spacial score (nSPS) is 9.93. The molecule has 0 aromatic heterocycles. The van der Waals surface area contributed by atoms with Crippen LogP contribution in [0.5, 0.6) is 0 Å². The fraction of sp³-hybridized carbons (Fsp3) is 0.222. The molecule has 0 saturated carbocycles. The van der Waals surface area contributed by atoms with E-state index in [9.17, 15) is 4.79 Å². The highest BCUT2D eigenvalue weighted by Crippen LogP contribution is 2.16. The Morgan fingerprint density at radius 1 is 1.43 bits per heavy atom. The number of esters is 1. The Labute approximate surface area is 110 Å². The van der Waals surface area contributed by atoms with Crippen molar-refractivity contribution in [1.29, 1.82) is 0 Å². The largest absolute Gasteiger partial charge is 0.460 e. The van der Waals surface area contributed by atoms with E-state index in [1.54, 1.807) is 0 Å². The maximum absolute atomic E-state index is 10.8. The van der Waals surface area contributed by atoms with Crippen molar-refractivity contribution in [3.8, 4) is 0 Å². The minimum absolute atomic E-state index is 0.0685. The number of carbonyl (C=O) groups is 1. The molecule has 0 radical (unpaired) electrons. The number of hydrogen-bond acceptors (Lipinski definition) is 3. The van der Waals surface area contributed by atoms with Crippen LogP contribution >= 0.6 is 45.2 Å². The quantitative estimate of drug-likeness (QED) is 0.604. The van der Waals surface area contributed by atoms with Gasteiger partial charge in [0.15, 0.2) is 0 Å². The van der Waals surface area contributed by atoms with E-state index in [4.69, 9.17) is 10.5 Å². The van der Waals surface area contributed by atoms with E-state index in [0.717, 1.165) is 9.13 Å². The van der Waals surface area contributed by atoms with Crippen LogP contribution < -0.4 is 5.73 Å². The van der Waals surface area contributed by atoms with Gasteiger partial charge in [-0.15, -0.1) is 0 Å². The lowest BCUT2D eigenvalue weighted by molar-refractivity contribution is -0.143. The van der Waals surface area contributed by atoms with Crippen molar-refractivity contribution in [2.45, 2.75) is 6.61 Å². The molecular formula is C9H9I2NO2. The van der Waals surface area contributed by atoms with Crippen LogP contribution in [-0.4, -0.2) is 12.5 Å². The van der Waals surface area contributed by atoms with Crippen molar-refractivity contribution in [2.75, 3.05) is 6.54 Å². The van der Waals surface area contributed by atoms with E-state index in [1.165, 1.54) is 3.57 Å². The minimum atomic E-state index is -0.376. The van der Waals surface area contributed by atoms with Gasteiger partial charge in [0.1, 0.15) is 6.61 Å². The molecule has 1 aromatic rings. The maximum atomic E-state index is 10.8. The number of carbonyl (C=O) groups excluding carboxylic acids is 1. The zero-order valence-electron chi connectivity index (χ0n) is 7.30. The topological polar surface area (TPSA) is 52.3 Å². The SMILES string of the molecule is NCC(=O)OCc1ccc(I)cc1I. The van der Waals surface area contributed by atoms with E-state index < -0.39 is 0 Å². The lowest BCUT2D eigenvalue weighted by Crippen LogP contribution is -2.16. The summed E-state index contributed by atoms with van der Waals surface area (Å²) in [5, 5.41) is 0. The van der Waals surface area contributed by atoms with Gasteiger partial charge in [-0.25, -0.2) is 0 Å². The molecule has 0 fully saturated rings. The minimum Gasteiger partial charge on any atom is -0.460 e. The molecular weight excluding hydrogens is 408 g/mol. The molecule has 0 heterocycles. The maximum Gasteiger partial charge on any atom is 0.320 e. The molecule has 0 aliphatic heterocycles. The molecule has 3 nitrogen and oxygen atoms in total. The molecule has 0 saturated heterocycles. The molecule has 76 valence electrons. The van der Waals surface area contributed by atoms with E-state index in [-0.39, 0.29) is 12.5 Å². The number of rotatable bonds is 3. The monoisotopic (exact) mass is 417 g/mol. The van der Waals surface area contributed by atoms with Gasteiger partial charge in [-0.3, -0.25) is 4.79 Å². The van der Waals surface area contributed by atoms with Gasteiger partial charge in [-0.2, -0.15) is 0 Å². The first-order valence-corrected chi connectivity index (χ1v) is 6.09. The second kappa shape index (κ2) is 5.86. The highest BCUT2D eigenvalue weighted by atomic mass is 127. The Morgan fingerprint density at radius 3 is 2.71 bits per heavy atom. The van der Waals surface area contributed by atoms with Crippen LogP contribution in [0.2, 0.25) is 0 Å². The molecule has 0 unspecified atom stereocenters. The molecule has 2 N–H and O–H groups in total. The summed E-state index contributed by atoms with van der Waals surface area (Å²) < 4.78 is 7.19. The van der Waals surface area contributed by atoms with E-state index in [0.29, 0.717) is 6.61 Å². The summed E-state index contributed by atoms with van der Waals surface area (Å²) >= 11 is 4.46. The van der Waals surface area contributed by atoms with Crippen LogP contribution in [0.25, 0.3) is 0 Å². The second-order valence-electron chi connectivity index (χ2n) is 2.60. The van der Waals surface area contributed by atoms with Crippen LogP contribution in [0.3, 0.4) is 0 Å². The van der Waals surface area contributed by atoms with E-state index >= 15 is 0 Å². The Bertz CT molecular complexity index is 342. The van der Waals surface area contributed by atoms with Gasteiger partial charge in [0.05, 0.1) is 6.54 Å². The zero-order valence-corrected chi connectivity index (χ0v) is 11.6. The van der Waals surface area contributed by atoms with Crippen molar-refractivity contribution in [2.24, 2.45) is 5.73 Å². The number of benzene rings is 1. The number of ether oxygens (including phenoxy) is 1. The average molecular weight is 417 g/mol. The second-order valence-corrected chi connectivity index (χ2v) is 5.01. The standard InChI is InChI=1S/C9H9I2NO2/c10-7-2-1-6(8(11)3-7)5-14-9(13)4-12/h1-3H,4-5,12H2. The molecule has 5 heteroatoms. The summed E-state index contributed by atoms with van der Waals surface area (Å²) in [6.45, 7) is 0.228. The Kier molecular flexibility index (Phi) is 5.10. The Morgan fingerprint density at radius 2 is 2.14 bits per heavy atom.